The van der Waals surface area contributed by atoms with Gasteiger partial charge >= 0.3 is 5.00 Å². The molecule has 102 valence electrons. The van der Waals surface area contributed by atoms with Crippen LogP contribution in [0.2, 0.25) is 0 Å². The number of halogens is 1. The Morgan fingerprint density at radius 3 is 2.72 bits per heavy atom. The van der Waals surface area contributed by atoms with Crippen LogP contribution in [0.1, 0.15) is 18.4 Å². The predicted molar refractivity (Wildman–Crippen MR) is 75.6 cm³/mol. The molecule has 0 amide bonds. The molecule has 1 saturated heterocycles. The second-order valence-electron chi connectivity index (χ2n) is 4.39. The summed E-state index contributed by atoms with van der Waals surface area (Å²) in [5.41, 5.74) is 1.06. The number of thiophene rings is 1. The Labute approximate surface area is 117 Å². The highest BCUT2D eigenvalue weighted by atomic mass is 35.5. The first-order valence-corrected chi connectivity index (χ1v) is 6.68. The standard InChI is InChI=1S/C11H17N3O2S.ClH/c1-12-10-2-4-13(5-3-10)7-9-6-11(14(15)16)17-8-9;/h6,8,10,12H,2-5,7H2,1H3;1H. The molecule has 5 nitrogen and oxygen atoms in total. The van der Waals surface area contributed by atoms with E-state index < -0.39 is 0 Å². The molecule has 0 unspecified atom stereocenters. The number of nitro groups is 1. The smallest absolute Gasteiger partial charge is 0.317 e. The fourth-order valence-corrected chi connectivity index (χ4v) is 2.90. The first-order valence-electron chi connectivity index (χ1n) is 5.80. The highest BCUT2D eigenvalue weighted by molar-refractivity contribution is 7.13. The van der Waals surface area contributed by atoms with E-state index in [1.807, 2.05) is 12.4 Å². The van der Waals surface area contributed by atoms with Crippen molar-refractivity contribution < 1.29 is 4.92 Å². The summed E-state index contributed by atoms with van der Waals surface area (Å²) in [6.07, 6.45) is 2.31. The van der Waals surface area contributed by atoms with Gasteiger partial charge in [-0.2, -0.15) is 0 Å². The minimum atomic E-state index is -0.318. The summed E-state index contributed by atoms with van der Waals surface area (Å²) in [4.78, 5) is 12.6. The van der Waals surface area contributed by atoms with Crippen LogP contribution in [-0.4, -0.2) is 36.0 Å². The van der Waals surface area contributed by atoms with Crippen molar-refractivity contribution in [1.29, 1.82) is 0 Å². The largest absolute Gasteiger partial charge is 0.324 e. The molecule has 0 aliphatic carbocycles. The van der Waals surface area contributed by atoms with Gasteiger partial charge in [0.1, 0.15) is 0 Å². The molecule has 2 rings (SSSR count). The predicted octanol–water partition coefficient (Wildman–Crippen LogP) is 2.26. The minimum absolute atomic E-state index is 0. The van der Waals surface area contributed by atoms with Crippen molar-refractivity contribution in [1.82, 2.24) is 10.2 Å². The number of likely N-dealkylation sites (tertiary alicyclic amines) is 1. The third-order valence-electron chi connectivity index (χ3n) is 3.22. The van der Waals surface area contributed by atoms with Crippen LogP contribution in [0.4, 0.5) is 5.00 Å². The first-order chi connectivity index (χ1) is 8.19. The highest BCUT2D eigenvalue weighted by Crippen LogP contribution is 2.24. The molecule has 0 spiro atoms. The van der Waals surface area contributed by atoms with E-state index in [0.29, 0.717) is 6.04 Å². The van der Waals surface area contributed by atoms with Crippen molar-refractivity contribution >= 4 is 28.7 Å². The van der Waals surface area contributed by atoms with Crippen LogP contribution < -0.4 is 5.32 Å². The van der Waals surface area contributed by atoms with Crippen molar-refractivity contribution in [2.24, 2.45) is 0 Å². The second-order valence-corrected chi connectivity index (χ2v) is 5.28. The van der Waals surface area contributed by atoms with Gasteiger partial charge in [-0.3, -0.25) is 15.0 Å². The van der Waals surface area contributed by atoms with Gasteiger partial charge in [-0.15, -0.1) is 12.4 Å². The molecule has 0 atom stereocenters. The van der Waals surface area contributed by atoms with Gasteiger partial charge in [-0.25, -0.2) is 0 Å². The Morgan fingerprint density at radius 2 is 2.22 bits per heavy atom. The lowest BCUT2D eigenvalue weighted by molar-refractivity contribution is -0.380. The summed E-state index contributed by atoms with van der Waals surface area (Å²) >= 11 is 1.21. The molecule has 0 aromatic carbocycles. The molecule has 0 radical (unpaired) electrons. The molecule has 0 bridgehead atoms. The molecule has 1 N–H and O–H groups in total. The molecule has 18 heavy (non-hydrogen) atoms. The average Bonchev–Trinajstić information content (AvgIpc) is 2.79. The van der Waals surface area contributed by atoms with E-state index in [9.17, 15) is 10.1 Å². The van der Waals surface area contributed by atoms with E-state index in [0.717, 1.165) is 38.0 Å². The summed E-state index contributed by atoms with van der Waals surface area (Å²) in [6.45, 7) is 2.96. The van der Waals surface area contributed by atoms with Crippen LogP contribution in [0, 0.1) is 10.1 Å². The van der Waals surface area contributed by atoms with Gasteiger partial charge in [0.2, 0.25) is 0 Å². The van der Waals surface area contributed by atoms with Crippen LogP contribution in [0.3, 0.4) is 0 Å². The Bertz CT molecular complexity index is 391. The molecular formula is C11H18ClN3O2S. The van der Waals surface area contributed by atoms with Crippen LogP contribution >= 0.6 is 23.7 Å². The topological polar surface area (TPSA) is 58.4 Å². The van der Waals surface area contributed by atoms with Crippen LogP contribution in [-0.2, 0) is 6.54 Å². The Hall–Kier alpha value is -0.690. The van der Waals surface area contributed by atoms with E-state index in [1.54, 1.807) is 6.07 Å². The summed E-state index contributed by atoms with van der Waals surface area (Å²) < 4.78 is 0. The maximum absolute atomic E-state index is 10.6. The molecule has 1 aliphatic heterocycles. The molecule has 1 aliphatic rings. The quantitative estimate of drug-likeness (QED) is 0.683. The van der Waals surface area contributed by atoms with E-state index >= 15 is 0 Å². The van der Waals surface area contributed by atoms with Gasteiger partial charge in [0.15, 0.2) is 0 Å². The third kappa shape index (κ3) is 3.91. The Balaban J connectivity index is 0.00000162. The lowest BCUT2D eigenvalue weighted by atomic mass is 10.1. The summed E-state index contributed by atoms with van der Waals surface area (Å²) in [7, 11) is 2.00. The van der Waals surface area contributed by atoms with E-state index in [4.69, 9.17) is 0 Å². The van der Waals surface area contributed by atoms with Gasteiger partial charge in [-0.05, 0) is 38.5 Å². The SMILES string of the molecule is CNC1CCN(Cc2csc([N+](=O)[O-])c2)CC1.Cl. The summed E-state index contributed by atoms with van der Waals surface area (Å²) in [5, 5.41) is 16.0. The third-order valence-corrected chi connectivity index (χ3v) is 4.15. The monoisotopic (exact) mass is 291 g/mol. The number of piperidine rings is 1. The van der Waals surface area contributed by atoms with Crippen molar-refractivity contribution in [2.45, 2.75) is 25.4 Å². The molecule has 1 fully saturated rings. The molecule has 2 heterocycles. The van der Waals surface area contributed by atoms with Gasteiger partial charge in [-0.1, -0.05) is 11.3 Å². The van der Waals surface area contributed by atoms with Gasteiger partial charge in [0.05, 0.1) is 4.92 Å². The van der Waals surface area contributed by atoms with Crippen molar-refractivity contribution in [3.05, 3.63) is 27.1 Å². The fraction of sp³-hybridized carbons (Fsp3) is 0.636. The van der Waals surface area contributed by atoms with Crippen LogP contribution in [0.5, 0.6) is 0 Å². The van der Waals surface area contributed by atoms with Crippen molar-refractivity contribution in [3.8, 4) is 0 Å². The number of hydrogen-bond acceptors (Lipinski definition) is 5. The molecule has 1 aromatic rings. The van der Waals surface area contributed by atoms with Crippen molar-refractivity contribution in [3.63, 3.8) is 0 Å². The number of rotatable bonds is 4. The van der Waals surface area contributed by atoms with E-state index in [1.165, 1.54) is 11.3 Å². The molecular weight excluding hydrogens is 274 g/mol. The highest BCUT2D eigenvalue weighted by Gasteiger charge is 2.19. The first kappa shape index (κ1) is 15.4. The number of hydrogen-bond donors (Lipinski definition) is 1. The van der Waals surface area contributed by atoms with Gasteiger partial charge < -0.3 is 5.32 Å². The summed E-state index contributed by atoms with van der Waals surface area (Å²) in [5.74, 6) is 0. The Kier molecular flexibility index (Phi) is 6.01. The van der Waals surface area contributed by atoms with Crippen molar-refractivity contribution in [2.75, 3.05) is 20.1 Å². The average molecular weight is 292 g/mol. The second kappa shape index (κ2) is 7.04. The Morgan fingerprint density at radius 1 is 1.56 bits per heavy atom. The normalized spacial score (nSPS) is 17.4. The number of nitrogens with zero attached hydrogens (tertiary/aromatic N) is 2. The van der Waals surface area contributed by atoms with Gasteiger partial charge in [0, 0.05) is 24.0 Å². The lowest BCUT2D eigenvalue weighted by Crippen LogP contribution is -2.40. The fourth-order valence-electron chi connectivity index (χ4n) is 2.18. The van der Waals surface area contributed by atoms with E-state index in [-0.39, 0.29) is 22.3 Å². The number of nitrogens with one attached hydrogen (secondary N) is 1. The molecule has 1 aromatic heterocycles. The minimum Gasteiger partial charge on any atom is -0.317 e. The molecule has 0 saturated carbocycles. The summed E-state index contributed by atoms with van der Waals surface area (Å²) in [6, 6.07) is 2.32. The molecule has 7 heteroatoms. The maximum Gasteiger partial charge on any atom is 0.324 e. The van der Waals surface area contributed by atoms with E-state index in [2.05, 4.69) is 10.2 Å². The zero-order valence-electron chi connectivity index (χ0n) is 10.3. The van der Waals surface area contributed by atoms with Gasteiger partial charge in [0.25, 0.3) is 0 Å². The zero-order valence-corrected chi connectivity index (χ0v) is 11.9. The van der Waals surface area contributed by atoms with Crippen LogP contribution in [0.15, 0.2) is 11.4 Å². The lowest BCUT2D eigenvalue weighted by Gasteiger charge is -2.31. The maximum atomic E-state index is 10.6. The van der Waals surface area contributed by atoms with Crippen LogP contribution in [0.25, 0.3) is 0 Å². The zero-order chi connectivity index (χ0) is 12.3.